The van der Waals surface area contributed by atoms with Gasteiger partial charge in [0.1, 0.15) is 18.1 Å². The Hall–Kier alpha value is -2.46. The summed E-state index contributed by atoms with van der Waals surface area (Å²) in [6.45, 7) is 2.11. The molecule has 23 heavy (non-hydrogen) atoms. The molecule has 0 bridgehead atoms. The highest BCUT2D eigenvalue weighted by molar-refractivity contribution is 6.31. The highest BCUT2D eigenvalue weighted by Gasteiger charge is 2.18. The lowest BCUT2D eigenvalue weighted by Gasteiger charge is -2.18. The van der Waals surface area contributed by atoms with Crippen molar-refractivity contribution in [3.8, 4) is 11.5 Å². The van der Waals surface area contributed by atoms with Crippen LogP contribution in [0.25, 0.3) is 6.08 Å². The first-order chi connectivity index (χ1) is 11.1. The summed E-state index contributed by atoms with van der Waals surface area (Å²) in [7, 11) is 1.54. The van der Waals surface area contributed by atoms with Crippen LogP contribution in [0.4, 0.5) is 5.69 Å². The summed E-state index contributed by atoms with van der Waals surface area (Å²) >= 11 is 6.08. The van der Waals surface area contributed by atoms with Crippen molar-refractivity contribution in [2.75, 3.05) is 19.0 Å². The molecule has 0 saturated heterocycles. The number of fused-ring (bicyclic) bond motifs is 1. The Morgan fingerprint density at radius 3 is 2.87 bits per heavy atom. The normalized spacial score (nSPS) is 12.7. The van der Waals surface area contributed by atoms with Crippen LogP contribution in [0.5, 0.6) is 11.5 Å². The fraction of sp³-hybridized carbons (Fsp3) is 0.167. The molecule has 0 spiro atoms. The monoisotopic (exact) mass is 329 g/mol. The maximum absolute atomic E-state index is 12.5. The fourth-order valence-corrected chi connectivity index (χ4v) is 2.53. The number of anilines is 1. The molecule has 0 aliphatic carbocycles. The number of para-hydroxylation sites is 1. The van der Waals surface area contributed by atoms with Gasteiger partial charge in [-0.3, -0.25) is 4.79 Å². The molecule has 1 aliphatic rings. The lowest BCUT2D eigenvalue weighted by molar-refractivity contribution is -0.113. The Kier molecular flexibility index (Phi) is 4.26. The molecule has 1 aliphatic heterocycles. The average Bonchev–Trinajstić information content (AvgIpc) is 2.57. The molecule has 4 nitrogen and oxygen atoms in total. The minimum Gasteiger partial charge on any atom is -0.495 e. The Bertz CT molecular complexity index is 799. The van der Waals surface area contributed by atoms with Crippen molar-refractivity contribution in [2.24, 2.45) is 0 Å². The quantitative estimate of drug-likeness (QED) is 0.923. The Morgan fingerprint density at radius 2 is 2.09 bits per heavy atom. The van der Waals surface area contributed by atoms with Crippen molar-refractivity contribution in [2.45, 2.75) is 6.92 Å². The topological polar surface area (TPSA) is 47.6 Å². The molecule has 2 aromatic rings. The maximum Gasteiger partial charge on any atom is 0.255 e. The van der Waals surface area contributed by atoms with Gasteiger partial charge in [-0.2, -0.15) is 0 Å². The van der Waals surface area contributed by atoms with E-state index in [1.165, 1.54) is 7.11 Å². The van der Waals surface area contributed by atoms with Crippen LogP contribution in [0.2, 0.25) is 5.02 Å². The molecule has 0 aromatic heterocycles. The summed E-state index contributed by atoms with van der Waals surface area (Å²) in [5, 5.41) is 3.45. The van der Waals surface area contributed by atoms with Crippen LogP contribution < -0.4 is 14.8 Å². The van der Waals surface area contributed by atoms with Crippen molar-refractivity contribution in [1.82, 2.24) is 0 Å². The van der Waals surface area contributed by atoms with Crippen LogP contribution in [0.3, 0.4) is 0 Å². The number of nitrogens with one attached hydrogen (secondary N) is 1. The molecule has 0 atom stereocenters. The van der Waals surface area contributed by atoms with Gasteiger partial charge in [-0.1, -0.05) is 29.8 Å². The molecule has 0 fully saturated rings. The highest BCUT2D eigenvalue weighted by atomic mass is 35.5. The molecular weight excluding hydrogens is 314 g/mol. The van der Waals surface area contributed by atoms with Gasteiger partial charge >= 0.3 is 0 Å². The smallest absolute Gasteiger partial charge is 0.255 e. The molecule has 0 radical (unpaired) electrons. The average molecular weight is 330 g/mol. The predicted octanol–water partition coefficient (Wildman–Crippen LogP) is 4.07. The number of carbonyl (C=O) groups is 1. The second-order valence-corrected chi connectivity index (χ2v) is 5.66. The highest BCUT2D eigenvalue weighted by Crippen LogP contribution is 2.32. The molecule has 5 heteroatoms. The van der Waals surface area contributed by atoms with E-state index in [1.54, 1.807) is 12.1 Å². The van der Waals surface area contributed by atoms with Crippen molar-refractivity contribution >= 4 is 29.3 Å². The van der Waals surface area contributed by atoms with Crippen molar-refractivity contribution in [1.29, 1.82) is 0 Å². The van der Waals surface area contributed by atoms with E-state index in [1.807, 2.05) is 37.3 Å². The number of benzene rings is 2. The van der Waals surface area contributed by atoms with Gasteiger partial charge in [-0.05, 0) is 30.7 Å². The second-order valence-electron chi connectivity index (χ2n) is 5.25. The zero-order valence-corrected chi connectivity index (χ0v) is 13.6. The van der Waals surface area contributed by atoms with Gasteiger partial charge in [0, 0.05) is 16.7 Å². The van der Waals surface area contributed by atoms with E-state index >= 15 is 0 Å². The number of rotatable bonds is 3. The van der Waals surface area contributed by atoms with E-state index in [4.69, 9.17) is 21.1 Å². The number of hydrogen-bond acceptors (Lipinski definition) is 3. The van der Waals surface area contributed by atoms with Gasteiger partial charge in [-0.25, -0.2) is 0 Å². The van der Waals surface area contributed by atoms with Gasteiger partial charge in [0.15, 0.2) is 0 Å². The van der Waals surface area contributed by atoms with Crippen LogP contribution in [-0.4, -0.2) is 19.6 Å². The SMILES string of the molecule is COc1cc(Cl)c(C)cc1NC(=O)C1=Cc2ccccc2OC1. The standard InChI is InChI=1S/C18H16ClNO3/c1-11-7-15(17(22-2)9-14(11)19)20-18(21)13-8-12-5-3-4-6-16(12)23-10-13/h3-9H,10H2,1-2H3,(H,20,21). The van der Waals surface area contributed by atoms with E-state index in [0.717, 1.165) is 16.9 Å². The minimum absolute atomic E-state index is 0.223. The van der Waals surface area contributed by atoms with E-state index in [0.29, 0.717) is 22.0 Å². The third kappa shape index (κ3) is 3.17. The summed E-state index contributed by atoms with van der Waals surface area (Å²) in [5.74, 6) is 1.08. The number of hydrogen-bond donors (Lipinski definition) is 1. The third-order valence-electron chi connectivity index (χ3n) is 3.65. The Morgan fingerprint density at radius 1 is 1.30 bits per heavy atom. The largest absolute Gasteiger partial charge is 0.495 e. The first kappa shape index (κ1) is 15.4. The van der Waals surface area contributed by atoms with Crippen LogP contribution in [0.15, 0.2) is 42.0 Å². The molecule has 0 unspecified atom stereocenters. The molecule has 1 N–H and O–H groups in total. The van der Waals surface area contributed by atoms with Crippen molar-refractivity contribution < 1.29 is 14.3 Å². The molecule has 2 aromatic carbocycles. The summed E-state index contributed by atoms with van der Waals surface area (Å²) in [4.78, 5) is 12.5. The lowest BCUT2D eigenvalue weighted by atomic mass is 10.1. The number of amides is 1. The van der Waals surface area contributed by atoms with Crippen LogP contribution in [0.1, 0.15) is 11.1 Å². The molecule has 1 amide bonds. The Labute approximate surface area is 139 Å². The van der Waals surface area contributed by atoms with Gasteiger partial charge in [0.05, 0.1) is 18.4 Å². The summed E-state index contributed by atoms with van der Waals surface area (Å²) in [5.41, 5.74) is 2.89. The lowest BCUT2D eigenvalue weighted by Crippen LogP contribution is -2.21. The van der Waals surface area contributed by atoms with Gasteiger partial charge in [0.25, 0.3) is 5.91 Å². The second kappa shape index (κ2) is 6.34. The maximum atomic E-state index is 12.5. The molecular formula is C18H16ClNO3. The summed E-state index contributed by atoms with van der Waals surface area (Å²) < 4.78 is 10.9. The Balaban J connectivity index is 1.86. The van der Waals surface area contributed by atoms with E-state index in [9.17, 15) is 4.79 Å². The van der Waals surface area contributed by atoms with E-state index in [2.05, 4.69) is 5.32 Å². The van der Waals surface area contributed by atoms with Crippen molar-refractivity contribution in [3.05, 3.63) is 58.1 Å². The van der Waals surface area contributed by atoms with Gasteiger partial charge in [0.2, 0.25) is 0 Å². The van der Waals surface area contributed by atoms with Gasteiger partial charge < -0.3 is 14.8 Å². The molecule has 1 heterocycles. The number of methoxy groups -OCH3 is 1. The van der Waals surface area contributed by atoms with E-state index < -0.39 is 0 Å². The number of aryl methyl sites for hydroxylation is 1. The fourth-order valence-electron chi connectivity index (χ4n) is 2.38. The van der Waals surface area contributed by atoms with Crippen molar-refractivity contribution in [3.63, 3.8) is 0 Å². The number of carbonyl (C=O) groups excluding carboxylic acids is 1. The first-order valence-electron chi connectivity index (χ1n) is 7.16. The minimum atomic E-state index is -0.223. The van der Waals surface area contributed by atoms with Crippen LogP contribution in [-0.2, 0) is 4.79 Å². The first-order valence-corrected chi connectivity index (χ1v) is 7.54. The molecule has 118 valence electrons. The van der Waals surface area contributed by atoms with E-state index in [-0.39, 0.29) is 12.5 Å². The summed E-state index contributed by atoms with van der Waals surface area (Å²) in [6.07, 6.45) is 1.84. The molecule has 3 rings (SSSR count). The summed E-state index contributed by atoms with van der Waals surface area (Å²) in [6, 6.07) is 11.1. The third-order valence-corrected chi connectivity index (χ3v) is 4.06. The van der Waals surface area contributed by atoms with Crippen LogP contribution in [0, 0.1) is 6.92 Å². The molecule has 0 saturated carbocycles. The number of ether oxygens (including phenoxy) is 2. The predicted molar refractivity (Wildman–Crippen MR) is 91.3 cm³/mol. The van der Waals surface area contributed by atoms with Crippen LogP contribution >= 0.6 is 11.6 Å². The number of halogens is 1. The zero-order chi connectivity index (χ0) is 16.4. The zero-order valence-electron chi connectivity index (χ0n) is 12.9. The van der Waals surface area contributed by atoms with Gasteiger partial charge in [-0.15, -0.1) is 0 Å².